The van der Waals surface area contributed by atoms with E-state index in [0.29, 0.717) is 5.92 Å². The molecule has 0 amide bonds. The van der Waals surface area contributed by atoms with Gasteiger partial charge in [0, 0.05) is 17.9 Å². The fourth-order valence-electron chi connectivity index (χ4n) is 2.92. The first-order chi connectivity index (χ1) is 13.2. The molecule has 0 bridgehead atoms. The Bertz CT molecular complexity index is 875. The minimum absolute atomic E-state index is 0.176. The van der Waals surface area contributed by atoms with Gasteiger partial charge in [0.05, 0.1) is 12.8 Å². The number of rotatable bonds is 8. The number of aromatic nitrogens is 3. The van der Waals surface area contributed by atoms with Crippen LogP contribution in [-0.4, -0.2) is 39.3 Å². The van der Waals surface area contributed by atoms with Crippen LogP contribution in [0.4, 0.5) is 0 Å². The quantitative estimate of drug-likeness (QED) is 0.457. The highest BCUT2D eigenvalue weighted by Crippen LogP contribution is 2.32. The number of nitrogens with zero attached hydrogens (tertiary/aromatic N) is 3. The van der Waals surface area contributed by atoms with Crippen molar-refractivity contribution in [2.75, 3.05) is 19.5 Å². The summed E-state index contributed by atoms with van der Waals surface area (Å²) >= 11 is 1.61. The number of benzene rings is 2. The van der Waals surface area contributed by atoms with Crippen molar-refractivity contribution in [3.05, 3.63) is 54.1 Å². The monoisotopic (exact) mass is 383 g/mol. The van der Waals surface area contributed by atoms with Gasteiger partial charge in [-0.25, -0.2) is 0 Å². The van der Waals surface area contributed by atoms with E-state index in [1.165, 1.54) is 5.56 Å². The second-order valence-electron chi connectivity index (χ2n) is 6.51. The van der Waals surface area contributed by atoms with Gasteiger partial charge in [-0.1, -0.05) is 43.8 Å². The Morgan fingerprint density at radius 2 is 1.81 bits per heavy atom. The van der Waals surface area contributed by atoms with Crippen LogP contribution in [-0.2, 0) is 0 Å². The fourth-order valence-corrected chi connectivity index (χ4v) is 3.78. The Morgan fingerprint density at radius 1 is 1.07 bits per heavy atom. The number of thioether (sulfide) groups is 1. The van der Waals surface area contributed by atoms with Crippen LogP contribution in [0.2, 0.25) is 0 Å². The average molecular weight is 384 g/mol. The van der Waals surface area contributed by atoms with Gasteiger partial charge in [-0.15, -0.1) is 10.2 Å². The molecule has 0 saturated heterocycles. The lowest BCUT2D eigenvalue weighted by molar-refractivity contribution is 0.296. The molecule has 3 aromatic rings. The molecule has 1 N–H and O–H groups in total. The molecule has 0 fully saturated rings. The fraction of sp³-hybridized carbons (Fsp3) is 0.333. The molecule has 3 rings (SSSR count). The van der Waals surface area contributed by atoms with Gasteiger partial charge in [0.25, 0.3) is 0 Å². The van der Waals surface area contributed by atoms with Gasteiger partial charge in [0.2, 0.25) is 0 Å². The number of aliphatic hydroxyl groups excluding tert-OH is 1. The molecule has 0 unspecified atom stereocenters. The molecular formula is C21H25N3O2S. The molecule has 5 nitrogen and oxygen atoms in total. The lowest BCUT2D eigenvalue weighted by Gasteiger charge is -2.17. The second-order valence-corrected chi connectivity index (χ2v) is 7.57. The number of para-hydroxylation sites is 1. The summed E-state index contributed by atoms with van der Waals surface area (Å²) in [5.74, 6) is 2.78. The Kier molecular flexibility index (Phi) is 6.53. The molecule has 6 heteroatoms. The van der Waals surface area contributed by atoms with Crippen molar-refractivity contribution in [3.63, 3.8) is 0 Å². The number of aliphatic hydroxyl groups is 1. The van der Waals surface area contributed by atoms with Crippen molar-refractivity contribution < 1.29 is 9.84 Å². The van der Waals surface area contributed by atoms with E-state index in [-0.39, 0.29) is 6.61 Å². The molecule has 0 saturated carbocycles. The van der Waals surface area contributed by atoms with Gasteiger partial charge >= 0.3 is 0 Å². The predicted octanol–water partition coefficient (Wildman–Crippen LogP) is 4.54. The summed E-state index contributed by atoms with van der Waals surface area (Å²) < 4.78 is 7.39. The Balaban J connectivity index is 2.12. The normalized spacial score (nSPS) is 11.1. The van der Waals surface area contributed by atoms with E-state index in [4.69, 9.17) is 9.84 Å². The average Bonchev–Trinajstić information content (AvgIpc) is 3.12. The van der Waals surface area contributed by atoms with Crippen LogP contribution >= 0.6 is 11.8 Å². The smallest absolute Gasteiger partial charge is 0.196 e. The molecule has 0 atom stereocenters. The van der Waals surface area contributed by atoms with Crippen LogP contribution in [0.5, 0.6) is 5.75 Å². The highest BCUT2D eigenvalue weighted by molar-refractivity contribution is 7.99. The van der Waals surface area contributed by atoms with Crippen LogP contribution < -0.4 is 4.74 Å². The third-order valence-electron chi connectivity index (χ3n) is 4.31. The summed E-state index contributed by atoms with van der Waals surface area (Å²) in [6.07, 6.45) is 0.723. The molecule has 1 aromatic heterocycles. The first-order valence-corrected chi connectivity index (χ1v) is 10.1. The molecule has 0 spiro atoms. The zero-order valence-corrected chi connectivity index (χ0v) is 16.7. The van der Waals surface area contributed by atoms with Crippen LogP contribution in [0, 0.1) is 0 Å². The van der Waals surface area contributed by atoms with Gasteiger partial charge in [-0.2, -0.15) is 0 Å². The second kappa shape index (κ2) is 9.06. The van der Waals surface area contributed by atoms with Crippen LogP contribution in [0.25, 0.3) is 17.1 Å². The molecule has 142 valence electrons. The Morgan fingerprint density at radius 3 is 2.48 bits per heavy atom. The largest absolute Gasteiger partial charge is 0.497 e. The summed E-state index contributed by atoms with van der Waals surface area (Å²) in [7, 11) is 1.66. The Hall–Kier alpha value is -2.31. The van der Waals surface area contributed by atoms with E-state index in [2.05, 4.69) is 46.8 Å². The first kappa shape index (κ1) is 19.5. The number of hydrogen-bond donors (Lipinski definition) is 1. The molecule has 1 heterocycles. The van der Waals surface area contributed by atoms with Gasteiger partial charge in [-0.05, 0) is 48.2 Å². The van der Waals surface area contributed by atoms with Crippen molar-refractivity contribution in [2.24, 2.45) is 0 Å². The van der Waals surface area contributed by atoms with Crippen LogP contribution in [0.15, 0.2) is 53.7 Å². The maximum Gasteiger partial charge on any atom is 0.196 e. The molecular weight excluding hydrogens is 358 g/mol. The highest BCUT2D eigenvalue weighted by atomic mass is 32.2. The van der Waals surface area contributed by atoms with Gasteiger partial charge in [0.1, 0.15) is 5.75 Å². The van der Waals surface area contributed by atoms with E-state index in [1.807, 2.05) is 30.3 Å². The first-order valence-electron chi connectivity index (χ1n) is 9.08. The summed E-state index contributed by atoms with van der Waals surface area (Å²) in [5, 5.41) is 18.9. The third-order valence-corrected chi connectivity index (χ3v) is 5.33. The minimum Gasteiger partial charge on any atom is -0.497 e. The van der Waals surface area contributed by atoms with Crippen molar-refractivity contribution in [2.45, 2.75) is 31.3 Å². The highest BCUT2D eigenvalue weighted by Gasteiger charge is 2.19. The predicted molar refractivity (Wildman–Crippen MR) is 110 cm³/mol. The Labute approximate surface area is 164 Å². The molecule has 2 aromatic carbocycles. The third kappa shape index (κ3) is 4.34. The molecule has 0 aliphatic heterocycles. The van der Waals surface area contributed by atoms with E-state index >= 15 is 0 Å². The van der Waals surface area contributed by atoms with E-state index in [0.717, 1.165) is 40.2 Å². The number of ether oxygens (including phenoxy) is 1. The number of hydrogen-bond acceptors (Lipinski definition) is 5. The summed E-state index contributed by atoms with van der Waals surface area (Å²) in [4.78, 5) is 0. The molecule has 0 aliphatic carbocycles. The molecule has 0 aliphatic rings. The summed E-state index contributed by atoms with van der Waals surface area (Å²) in [5.41, 5.74) is 3.32. The van der Waals surface area contributed by atoms with Crippen molar-refractivity contribution >= 4 is 11.8 Å². The van der Waals surface area contributed by atoms with E-state index in [1.54, 1.807) is 18.9 Å². The lowest BCUT2D eigenvalue weighted by atomic mass is 10.0. The van der Waals surface area contributed by atoms with Gasteiger partial charge in [0.15, 0.2) is 11.0 Å². The lowest BCUT2D eigenvalue weighted by Crippen LogP contribution is -2.05. The zero-order chi connectivity index (χ0) is 19.2. The number of methoxy groups -OCH3 is 1. The SMILES string of the molecule is COc1ccc(-c2nnc(SCCCO)n2-c2ccccc2C(C)C)cc1. The maximum atomic E-state index is 9.11. The van der Waals surface area contributed by atoms with E-state index < -0.39 is 0 Å². The van der Waals surface area contributed by atoms with Crippen molar-refractivity contribution in [1.82, 2.24) is 14.8 Å². The van der Waals surface area contributed by atoms with Crippen molar-refractivity contribution in [1.29, 1.82) is 0 Å². The van der Waals surface area contributed by atoms with Crippen LogP contribution in [0.3, 0.4) is 0 Å². The summed E-state index contributed by atoms with van der Waals surface area (Å²) in [6.45, 7) is 4.55. The minimum atomic E-state index is 0.176. The van der Waals surface area contributed by atoms with Gasteiger partial charge < -0.3 is 9.84 Å². The topological polar surface area (TPSA) is 60.2 Å². The van der Waals surface area contributed by atoms with Gasteiger partial charge in [-0.3, -0.25) is 4.57 Å². The van der Waals surface area contributed by atoms with E-state index in [9.17, 15) is 0 Å². The zero-order valence-electron chi connectivity index (χ0n) is 15.9. The standard InChI is InChI=1S/C21H25N3O2S/c1-15(2)18-7-4-5-8-19(18)24-20(16-9-11-17(26-3)12-10-16)22-23-21(24)27-14-6-13-25/h4-5,7-12,15,25H,6,13-14H2,1-3H3. The molecule has 0 radical (unpaired) electrons. The molecule has 27 heavy (non-hydrogen) atoms. The van der Waals surface area contributed by atoms with Crippen molar-refractivity contribution in [3.8, 4) is 22.8 Å². The maximum absolute atomic E-state index is 9.11. The summed E-state index contributed by atoms with van der Waals surface area (Å²) in [6, 6.07) is 16.2. The van der Waals surface area contributed by atoms with Crippen LogP contribution in [0.1, 0.15) is 31.7 Å².